The lowest BCUT2D eigenvalue weighted by Gasteiger charge is -2.16. The first-order chi connectivity index (χ1) is 18.4. The molecule has 1 N–H and O–H groups in total. The molecule has 9 nitrogen and oxygen atoms in total. The summed E-state index contributed by atoms with van der Waals surface area (Å²) in [5, 5.41) is 0. The summed E-state index contributed by atoms with van der Waals surface area (Å²) in [6.45, 7) is 10.9. The van der Waals surface area contributed by atoms with Crippen LogP contribution in [-0.2, 0) is 27.4 Å². The zero-order chi connectivity index (χ0) is 27.2. The Balaban J connectivity index is 0.000000810. The standard InChI is InChI=1S/C18H27N3O2Si.C10H9N3O.2CH4.ClH/c1-5-22-11-9-18-20-14-17(16-8-6-7-10-19-16)21(18)15-23-12-13-24(2,3)4;14-6-4-10-12-7-9(13-10)8-3-1-2-5-11-8;;;/h6-11,14H,5,12-13,15H2,1-4H3;1-3,5-7H,4H2,(H,12,13);2*1H4;1H/b11-9+;;;;. The van der Waals surface area contributed by atoms with Gasteiger partial charge in [-0.2, -0.15) is 0 Å². The molecule has 4 aromatic rings. The van der Waals surface area contributed by atoms with Gasteiger partial charge < -0.3 is 19.3 Å². The number of aldehydes is 1. The largest absolute Gasteiger partial charge is 0.501 e. The first-order valence-electron chi connectivity index (χ1n) is 12.6. The summed E-state index contributed by atoms with van der Waals surface area (Å²) in [6, 6.07) is 12.6. The maximum Gasteiger partial charge on any atom is 0.138 e. The van der Waals surface area contributed by atoms with Gasteiger partial charge in [-0.15, -0.1) is 12.4 Å². The molecule has 4 aromatic heterocycles. The van der Waals surface area contributed by atoms with Gasteiger partial charge in [-0.1, -0.05) is 46.6 Å². The number of hydrogen-bond donors (Lipinski definition) is 1. The van der Waals surface area contributed by atoms with Crippen molar-refractivity contribution in [3.63, 3.8) is 0 Å². The van der Waals surface area contributed by atoms with E-state index in [0.29, 0.717) is 25.6 Å². The molecule has 0 spiro atoms. The highest BCUT2D eigenvalue weighted by molar-refractivity contribution is 6.76. The normalized spacial score (nSPS) is 10.4. The summed E-state index contributed by atoms with van der Waals surface area (Å²) < 4.78 is 13.2. The van der Waals surface area contributed by atoms with E-state index in [2.05, 4.69) is 44.6 Å². The Kier molecular flexibility index (Phi) is 17.8. The van der Waals surface area contributed by atoms with Crippen LogP contribution in [0.25, 0.3) is 28.9 Å². The van der Waals surface area contributed by atoms with Crippen LogP contribution >= 0.6 is 12.4 Å². The van der Waals surface area contributed by atoms with Crippen molar-refractivity contribution in [2.45, 2.75) is 60.6 Å². The molecule has 4 rings (SSSR count). The lowest BCUT2D eigenvalue weighted by molar-refractivity contribution is -0.107. The molecule has 0 amide bonds. The molecular weight excluding hydrogens is 556 g/mol. The van der Waals surface area contributed by atoms with Crippen LogP contribution in [0.3, 0.4) is 0 Å². The van der Waals surface area contributed by atoms with E-state index >= 15 is 0 Å². The molecule has 41 heavy (non-hydrogen) atoms. The number of aromatic nitrogens is 6. The van der Waals surface area contributed by atoms with Crippen LogP contribution in [0.5, 0.6) is 0 Å². The van der Waals surface area contributed by atoms with Gasteiger partial charge in [0.25, 0.3) is 0 Å². The van der Waals surface area contributed by atoms with Gasteiger partial charge in [-0.25, -0.2) is 9.97 Å². The van der Waals surface area contributed by atoms with Gasteiger partial charge in [0.2, 0.25) is 0 Å². The van der Waals surface area contributed by atoms with Crippen LogP contribution in [0.4, 0.5) is 0 Å². The molecule has 0 aliphatic heterocycles. The number of imidazole rings is 2. The fourth-order valence-electron chi connectivity index (χ4n) is 3.31. The molecule has 0 fully saturated rings. The Bertz CT molecular complexity index is 1270. The molecule has 0 unspecified atom stereocenters. The molecule has 0 aromatic carbocycles. The zero-order valence-electron chi connectivity index (χ0n) is 22.9. The predicted molar refractivity (Wildman–Crippen MR) is 173 cm³/mol. The Morgan fingerprint density at radius 1 is 0.951 bits per heavy atom. The van der Waals surface area contributed by atoms with Gasteiger partial charge in [-0.3, -0.25) is 14.5 Å². The number of aromatic amines is 1. The molecule has 0 aliphatic rings. The summed E-state index contributed by atoms with van der Waals surface area (Å²) in [5.41, 5.74) is 3.49. The average Bonchev–Trinajstić information content (AvgIpc) is 3.55. The smallest absolute Gasteiger partial charge is 0.138 e. The Morgan fingerprint density at radius 3 is 2.22 bits per heavy atom. The van der Waals surface area contributed by atoms with E-state index < -0.39 is 8.07 Å². The third-order valence-corrected chi connectivity index (χ3v) is 7.06. The van der Waals surface area contributed by atoms with Gasteiger partial charge in [0, 0.05) is 33.2 Å². The number of nitrogens with one attached hydrogen (secondary N) is 1. The third kappa shape index (κ3) is 12.6. The number of hydrogen-bond acceptors (Lipinski definition) is 7. The number of halogens is 1. The average molecular weight is 601 g/mol. The van der Waals surface area contributed by atoms with Crippen LogP contribution in [0.2, 0.25) is 25.7 Å². The molecular formula is C30H45ClN6O3Si. The minimum Gasteiger partial charge on any atom is -0.501 e. The summed E-state index contributed by atoms with van der Waals surface area (Å²) >= 11 is 0. The molecule has 11 heteroatoms. The van der Waals surface area contributed by atoms with E-state index in [0.717, 1.165) is 47.5 Å². The lowest BCUT2D eigenvalue weighted by atomic mass is 10.3. The van der Waals surface area contributed by atoms with Crippen molar-refractivity contribution in [2.75, 3.05) is 13.2 Å². The third-order valence-electron chi connectivity index (χ3n) is 5.36. The molecule has 0 radical (unpaired) electrons. The van der Waals surface area contributed by atoms with Crippen molar-refractivity contribution in [1.29, 1.82) is 0 Å². The van der Waals surface area contributed by atoms with Crippen molar-refractivity contribution >= 4 is 32.8 Å². The Morgan fingerprint density at radius 2 is 1.63 bits per heavy atom. The minimum atomic E-state index is -1.09. The first kappa shape index (κ1) is 37.4. The number of pyridine rings is 2. The van der Waals surface area contributed by atoms with Gasteiger partial charge in [0.15, 0.2) is 0 Å². The fraction of sp³-hybridized carbons (Fsp3) is 0.367. The second kappa shape index (κ2) is 19.5. The fourth-order valence-corrected chi connectivity index (χ4v) is 4.07. The summed E-state index contributed by atoms with van der Waals surface area (Å²) in [7, 11) is -1.09. The van der Waals surface area contributed by atoms with Crippen molar-refractivity contribution in [1.82, 2.24) is 29.5 Å². The molecule has 0 bridgehead atoms. The van der Waals surface area contributed by atoms with Crippen LogP contribution < -0.4 is 0 Å². The second-order valence-corrected chi connectivity index (χ2v) is 15.2. The van der Waals surface area contributed by atoms with Gasteiger partial charge >= 0.3 is 0 Å². The van der Waals surface area contributed by atoms with Crippen LogP contribution in [0, 0.1) is 0 Å². The number of H-pyrrole nitrogens is 1. The van der Waals surface area contributed by atoms with Crippen molar-refractivity contribution < 1.29 is 14.3 Å². The summed E-state index contributed by atoms with van der Waals surface area (Å²) in [4.78, 5) is 30.4. The van der Waals surface area contributed by atoms with Gasteiger partial charge in [0.1, 0.15) is 24.7 Å². The predicted octanol–water partition coefficient (Wildman–Crippen LogP) is 7.17. The maximum atomic E-state index is 10.2. The van der Waals surface area contributed by atoms with Crippen molar-refractivity contribution in [3.8, 4) is 22.8 Å². The van der Waals surface area contributed by atoms with E-state index in [9.17, 15) is 4.79 Å². The van der Waals surface area contributed by atoms with E-state index in [-0.39, 0.29) is 27.3 Å². The van der Waals surface area contributed by atoms with Crippen molar-refractivity contribution in [3.05, 3.63) is 79.1 Å². The van der Waals surface area contributed by atoms with E-state index in [1.165, 1.54) is 0 Å². The molecule has 0 saturated heterocycles. The molecule has 4 heterocycles. The zero-order valence-corrected chi connectivity index (χ0v) is 24.7. The maximum absolute atomic E-state index is 10.2. The topological polar surface area (TPSA) is 108 Å². The quantitative estimate of drug-likeness (QED) is 0.0794. The van der Waals surface area contributed by atoms with Crippen LogP contribution in [0.15, 0.2) is 67.4 Å². The van der Waals surface area contributed by atoms with E-state index in [4.69, 9.17) is 9.47 Å². The monoisotopic (exact) mass is 600 g/mol. The highest BCUT2D eigenvalue weighted by Crippen LogP contribution is 2.20. The first-order valence-corrected chi connectivity index (χ1v) is 16.3. The molecule has 224 valence electrons. The van der Waals surface area contributed by atoms with Gasteiger partial charge in [-0.05, 0) is 37.2 Å². The number of ether oxygens (including phenoxy) is 2. The number of nitrogens with zero attached hydrogens (tertiary/aromatic N) is 5. The second-order valence-electron chi connectivity index (χ2n) is 9.58. The Labute approximate surface area is 251 Å². The van der Waals surface area contributed by atoms with E-state index in [1.807, 2.05) is 60.2 Å². The van der Waals surface area contributed by atoms with E-state index in [1.54, 1.807) is 24.9 Å². The SMILES string of the molecule is C.C.CCO/C=C/c1ncc(-c2ccccn2)n1COCC[Si](C)(C)C.Cl.O=CCc1ncc(-c2ccccn2)[nH]1. The summed E-state index contributed by atoms with van der Waals surface area (Å²) in [6.07, 6.45) is 11.7. The Hall–Kier alpha value is -3.60. The highest BCUT2D eigenvalue weighted by atomic mass is 35.5. The van der Waals surface area contributed by atoms with Gasteiger partial charge in [0.05, 0.1) is 54.5 Å². The molecule has 0 saturated carbocycles. The minimum absolute atomic E-state index is 0. The van der Waals surface area contributed by atoms with Crippen molar-refractivity contribution in [2.24, 2.45) is 0 Å². The summed E-state index contributed by atoms with van der Waals surface area (Å²) in [5.74, 6) is 1.47. The molecule has 0 aliphatic carbocycles. The number of carbonyl (C=O) groups is 1. The highest BCUT2D eigenvalue weighted by Gasteiger charge is 2.14. The molecule has 0 atom stereocenters. The van der Waals surface area contributed by atoms with Crippen LogP contribution in [-0.4, -0.2) is 57.1 Å². The van der Waals surface area contributed by atoms with Crippen LogP contribution in [0.1, 0.15) is 33.4 Å². The lowest BCUT2D eigenvalue weighted by Crippen LogP contribution is -2.22. The number of rotatable bonds is 12. The number of carbonyl (C=O) groups excluding carboxylic acids is 1.